The minimum atomic E-state index is -5.11. The molecule has 0 spiro atoms. The highest BCUT2D eigenvalue weighted by Gasteiger charge is 2.42. The van der Waals surface area contributed by atoms with Crippen molar-refractivity contribution in [2.24, 2.45) is 5.92 Å². The Morgan fingerprint density at radius 1 is 1.25 bits per heavy atom. The van der Waals surface area contributed by atoms with Gasteiger partial charge in [-0.2, -0.15) is 13.2 Å². The van der Waals surface area contributed by atoms with Crippen LogP contribution in [-0.2, 0) is 14.3 Å². The van der Waals surface area contributed by atoms with Gasteiger partial charge in [-0.3, -0.25) is 4.79 Å². The highest BCUT2D eigenvalue weighted by molar-refractivity contribution is 5.89. The summed E-state index contributed by atoms with van der Waals surface area (Å²) in [7, 11) is 0. The topological polar surface area (TPSA) is 43.4 Å². The molecule has 0 heterocycles. The zero-order valence-electron chi connectivity index (χ0n) is 9.26. The van der Waals surface area contributed by atoms with Gasteiger partial charge in [0.15, 0.2) is 0 Å². The van der Waals surface area contributed by atoms with Gasteiger partial charge in [-0.15, -0.1) is 0 Å². The number of hydrogen-bond donors (Lipinski definition) is 0. The summed E-state index contributed by atoms with van der Waals surface area (Å²) in [6.07, 6.45) is -2.11. The van der Waals surface area contributed by atoms with Gasteiger partial charge >= 0.3 is 18.1 Å². The van der Waals surface area contributed by atoms with Gasteiger partial charge in [0.1, 0.15) is 0 Å². The lowest BCUT2D eigenvalue weighted by Crippen LogP contribution is -2.30. The monoisotopic (exact) mass is 240 g/mol. The van der Waals surface area contributed by atoms with Crippen LogP contribution in [0.1, 0.15) is 39.5 Å². The Morgan fingerprint density at radius 2 is 1.81 bits per heavy atom. The molecule has 0 N–H and O–H groups in total. The minimum absolute atomic E-state index is 0.428. The first-order valence-electron chi connectivity index (χ1n) is 5.11. The van der Waals surface area contributed by atoms with Crippen LogP contribution in [0.5, 0.6) is 0 Å². The van der Waals surface area contributed by atoms with E-state index < -0.39 is 24.0 Å². The van der Waals surface area contributed by atoms with Crippen molar-refractivity contribution in [3.05, 3.63) is 0 Å². The Balaban J connectivity index is 4.01. The Bertz CT molecular complexity index is 248. The van der Waals surface area contributed by atoms with Crippen molar-refractivity contribution in [2.45, 2.75) is 45.7 Å². The van der Waals surface area contributed by atoms with E-state index in [4.69, 9.17) is 0 Å². The third-order valence-electron chi connectivity index (χ3n) is 2.07. The fourth-order valence-corrected chi connectivity index (χ4v) is 1.07. The molecule has 0 bridgehead atoms. The minimum Gasteiger partial charge on any atom is -0.386 e. The van der Waals surface area contributed by atoms with Crippen LogP contribution in [0, 0.1) is 5.92 Å². The molecule has 0 amide bonds. The largest absolute Gasteiger partial charge is 0.491 e. The molecular formula is C10H15F3O3. The molecule has 0 aliphatic rings. The molecule has 0 aliphatic carbocycles. The predicted molar refractivity (Wildman–Crippen MR) is 50.5 cm³/mol. The summed E-state index contributed by atoms with van der Waals surface area (Å²) in [5.41, 5.74) is 0. The fraction of sp³-hybridized carbons (Fsp3) is 0.800. The molecule has 0 aliphatic heterocycles. The third kappa shape index (κ3) is 5.72. The van der Waals surface area contributed by atoms with E-state index in [0.717, 1.165) is 19.3 Å². The Labute approximate surface area is 92.0 Å². The summed E-state index contributed by atoms with van der Waals surface area (Å²) < 4.78 is 39.0. The molecule has 0 saturated carbocycles. The maximum absolute atomic E-state index is 11.8. The molecule has 94 valence electrons. The molecule has 0 rings (SSSR count). The van der Waals surface area contributed by atoms with Crippen molar-refractivity contribution in [2.75, 3.05) is 0 Å². The van der Waals surface area contributed by atoms with E-state index in [2.05, 4.69) is 4.74 Å². The number of rotatable bonds is 5. The molecule has 0 aromatic carbocycles. The number of ether oxygens (including phenoxy) is 1. The summed E-state index contributed by atoms with van der Waals surface area (Å²) in [6, 6.07) is 0. The molecule has 0 saturated heterocycles. The van der Waals surface area contributed by atoms with Crippen LogP contribution in [0.4, 0.5) is 13.2 Å². The maximum atomic E-state index is 11.8. The van der Waals surface area contributed by atoms with Crippen LogP contribution in [0.2, 0.25) is 0 Å². The van der Waals surface area contributed by atoms with Gasteiger partial charge in [-0.25, -0.2) is 4.79 Å². The Kier molecular flexibility index (Phi) is 6.06. The molecule has 0 fully saturated rings. The number of carbonyl (C=O) groups excluding carboxylic acids is 2. The average molecular weight is 240 g/mol. The first kappa shape index (κ1) is 14.9. The molecular weight excluding hydrogens is 225 g/mol. The molecule has 0 radical (unpaired) electrons. The van der Waals surface area contributed by atoms with Crippen molar-refractivity contribution >= 4 is 11.9 Å². The zero-order valence-corrected chi connectivity index (χ0v) is 9.26. The number of hydrogen-bond acceptors (Lipinski definition) is 3. The van der Waals surface area contributed by atoms with Crippen LogP contribution in [0.15, 0.2) is 0 Å². The second kappa shape index (κ2) is 6.50. The van der Waals surface area contributed by atoms with Gasteiger partial charge in [0.05, 0.1) is 5.92 Å². The van der Waals surface area contributed by atoms with Crippen molar-refractivity contribution in [3.63, 3.8) is 0 Å². The van der Waals surface area contributed by atoms with Gasteiger partial charge in [0.25, 0.3) is 0 Å². The van der Waals surface area contributed by atoms with Gasteiger partial charge in [-0.05, 0) is 6.42 Å². The van der Waals surface area contributed by atoms with E-state index in [1.165, 1.54) is 6.92 Å². The average Bonchev–Trinajstić information content (AvgIpc) is 2.16. The third-order valence-corrected chi connectivity index (χ3v) is 2.07. The lowest BCUT2D eigenvalue weighted by atomic mass is 10.0. The Hall–Kier alpha value is -1.07. The van der Waals surface area contributed by atoms with Gasteiger partial charge in [0.2, 0.25) is 0 Å². The molecule has 6 heteroatoms. The first-order valence-corrected chi connectivity index (χ1v) is 5.11. The van der Waals surface area contributed by atoms with Crippen LogP contribution in [0.25, 0.3) is 0 Å². The zero-order chi connectivity index (χ0) is 12.8. The van der Waals surface area contributed by atoms with E-state index in [1.807, 2.05) is 6.92 Å². The van der Waals surface area contributed by atoms with Crippen LogP contribution < -0.4 is 0 Å². The molecule has 1 unspecified atom stereocenters. The fourth-order valence-electron chi connectivity index (χ4n) is 1.07. The van der Waals surface area contributed by atoms with Crippen LogP contribution >= 0.6 is 0 Å². The Morgan fingerprint density at radius 3 is 2.25 bits per heavy atom. The van der Waals surface area contributed by atoms with Gasteiger partial charge < -0.3 is 4.74 Å². The van der Waals surface area contributed by atoms with Crippen molar-refractivity contribution in [1.82, 2.24) is 0 Å². The van der Waals surface area contributed by atoms with Crippen LogP contribution in [0.3, 0.4) is 0 Å². The predicted octanol–water partition coefficient (Wildman–Crippen LogP) is 2.83. The summed E-state index contributed by atoms with van der Waals surface area (Å²) in [4.78, 5) is 21.4. The highest BCUT2D eigenvalue weighted by Crippen LogP contribution is 2.18. The molecule has 1 atom stereocenters. The molecule has 0 aromatic heterocycles. The van der Waals surface area contributed by atoms with E-state index in [-0.39, 0.29) is 0 Å². The number of unbranched alkanes of at least 4 members (excludes halogenated alkanes) is 2. The van der Waals surface area contributed by atoms with Crippen molar-refractivity contribution in [3.8, 4) is 0 Å². The summed E-state index contributed by atoms with van der Waals surface area (Å²) >= 11 is 0. The molecule has 16 heavy (non-hydrogen) atoms. The van der Waals surface area contributed by atoms with Crippen molar-refractivity contribution in [1.29, 1.82) is 0 Å². The van der Waals surface area contributed by atoms with Gasteiger partial charge in [0, 0.05) is 0 Å². The van der Waals surface area contributed by atoms with Crippen molar-refractivity contribution < 1.29 is 27.5 Å². The van der Waals surface area contributed by atoms with E-state index in [9.17, 15) is 22.8 Å². The molecule has 3 nitrogen and oxygen atoms in total. The van der Waals surface area contributed by atoms with E-state index >= 15 is 0 Å². The standard InChI is InChI=1S/C10H15F3O3/c1-3-4-5-6-7(2)8(14)16-9(15)10(11,12)13/h7H,3-6H2,1-2H3. The smallest absolute Gasteiger partial charge is 0.386 e. The van der Waals surface area contributed by atoms with Gasteiger partial charge in [-0.1, -0.05) is 33.1 Å². The van der Waals surface area contributed by atoms with E-state index in [1.54, 1.807) is 0 Å². The number of alkyl halides is 3. The maximum Gasteiger partial charge on any atom is 0.491 e. The molecule has 0 aromatic rings. The lowest BCUT2D eigenvalue weighted by Gasteiger charge is -2.10. The first-order chi connectivity index (χ1) is 7.29. The SMILES string of the molecule is CCCCCC(C)C(=O)OC(=O)C(F)(F)F. The summed E-state index contributed by atoms with van der Waals surface area (Å²) in [5, 5.41) is 0. The quantitative estimate of drug-likeness (QED) is 0.421. The second-order valence-corrected chi connectivity index (χ2v) is 3.60. The normalized spacial score (nSPS) is 13.3. The van der Waals surface area contributed by atoms with E-state index in [0.29, 0.717) is 6.42 Å². The second-order valence-electron chi connectivity index (χ2n) is 3.60. The highest BCUT2D eigenvalue weighted by atomic mass is 19.4. The summed E-state index contributed by atoms with van der Waals surface area (Å²) in [6.45, 7) is 3.41. The summed E-state index contributed by atoms with van der Waals surface area (Å²) in [5.74, 6) is -4.24. The number of halogens is 3. The number of carbonyl (C=O) groups is 2. The van der Waals surface area contributed by atoms with Crippen LogP contribution in [-0.4, -0.2) is 18.1 Å². The lowest BCUT2D eigenvalue weighted by molar-refractivity contribution is -0.203. The number of esters is 2.